The molecule has 0 radical (unpaired) electrons. The first-order valence-electron chi connectivity index (χ1n) is 5.56. The van der Waals surface area contributed by atoms with Gasteiger partial charge in [0, 0.05) is 12.6 Å². The quantitative estimate of drug-likeness (QED) is 0.672. The Kier molecular flexibility index (Phi) is 2.48. The van der Waals surface area contributed by atoms with E-state index in [0.29, 0.717) is 5.52 Å². The van der Waals surface area contributed by atoms with Gasteiger partial charge in [-0.3, -0.25) is 4.79 Å². The summed E-state index contributed by atoms with van der Waals surface area (Å²) in [6, 6.07) is 9.87. The van der Waals surface area contributed by atoms with Gasteiger partial charge in [-0.15, -0.1) is 11.3 Å². The van der Waals surface area contributed by atoms with Gasteiger partial charge in [0.15, 0.2) is 5.52 Å². The van der Waals surface area contributed by atoms with Crippen molar-refractivity contribution in [3.8, 4) is 10.6 Å². The van der Waals surface area contributed by atoms with Crippen LogP contribution in [0.2, 0.25) is 0 Å². The largest absolute Gasteiger partial charge is 0.293 e. The summed E-state index contributed by atoms with van der Waals surface area (Å²) in [5, 5.41) is 5.04. The standard InChI is InChI=1S/C13H11N3OS/c1-8-11-10(13(17)16(2)15-8)14-12(18-11)9-6-4-3-5-7-9/h3-7H,1-2H3. The van der Waals surface area contributed by atoms with Gasteiger partial charge in [-0.1, -0.05) is 30.3 Å². The van der Waals surface area contributed by atoms with E-state index < -0.39 is 0 Å². The van der Waals surface area contributed by atoms with Gasteiger partial charge in [0.1, 0.15) is 5.01 Å². The van der Waals surface area contributed by atoms with Crippen LogP contribution in [0.5, 0.6) is 0 Å². The molecule has 90 valence electrons. The van der Waals surface area contributed by atoms with E-state index in [1.165, 1.54) is 16.0 Å². The zero-order valence-electron chi connectivity index (χ0n) is 10.0. The molecule has 2 aromatic heterocycles. The van der Waals surface area contributed by atoms with Crippen LogP contribution in [0, 0.1) is 6.92 Å². The zero-order valence-corrected chi connectivity index (χ0v) is 10.9. The van der Waals surface area contributed by atoms with Crippen LogP contribution in [0.15, 0.2) is 35.1 Å². The Hall–Kier alpha value is -2.01. The van der Waals surface area contributed by atoms with E-state index in [2.05, 4.69) is 10.1 Å². The van der Waals surface area contributed by atoms with E-state index in [1.807, 2.05) is 37.3 Å². The van der Waals surface area contributed by atoms with Crippen LogP contribution in [0.3, 0.4) is 0 Å². The minimum atomic E-state index is -0.144. The molecular formula is C13H11N3OS. The number of aromatic nitrogens is 3. The first kappa shape index (κ1) is 11.1. The van der Waals surface area contributed by atoms with Gasteiger partial charge in [-0.25, -0.2) is 9.67 Å². The average Bonchev–Trinajstić information content (AvgIpc) is 2.83. The molecule has 0 atom stereocenters. The third-order valence-electron chi connectivity index (χ3n) is 2.77. The Morgan fingerprint density at radius 2 is 1.94 bits per heavy atom. The SMILES string of the molecule is Cc1nn(C)c(=O)c2nc(-c3ccccc3)sc12. The van der Waals surface area contributed by atoms with Crippen LogP contribution in [0.1, 0.15) is 5.69 Å². The molecule has 0 bridgehead atoms. The van der Waals surface area contributed by atoms with Gasteiger partial charge in [0.25, 0.3) is 5.56 Å². The van der Waals surface area contributed by atoms with Crippen molar-refractivity contribution in [2.24, 2.45) is 7.05 Å². The van der Waals surface area contributed by atoms with Gasteiger partial charge in [-0.05, 0) is 6.92 Å². The highest BCUT2D eigenvalue weighted by molar-refractivity contribution is 7.21. The number of aryl methyl sites for hydroxylation is 2. The van der Waals surface area contributed by atoms with E-state index >= 15 is 0 Å². The summed E-state index contributed by atoms with van der Waals surface area (Å²) in [6.07, 6.45) is 0. The molecule has 18 heavy (non-hydrogen) atoms. The molecule has 0 N–H and O–H groups in total. The summed E-state index contributed by atoms with van der Waals surface area (Å²) in [6.45, 7) is 1.90. The van der Waals surface area contributed by atoms with E-state index in [-0.39, 0.29) is 5.56 Å². The van der Waals surface area contributed by atoms with Crippen molar-refractivity contribution in [3.63, 3.8) is 0 Å². The molecule has 0 aliphatic carbocycles. The molecule has 0 aliphatic rings. The van der Waals surface area contributed by atoms with Crippen LogP contribution in [0.4, 0.5) is 0 Å². The third-order valence-corrected chi connectivity index (χ3v) is 3.99. The monoisotopic (exact) mass is 257 g/mol. The molecular weight excluding hydrogens is 246 g/mol. The van der Waals surface area contributed by atoms with Crippen molar-refractivity contribution in [1.29, 1.82) is 0 Å². The highest BCUT2D eigenvalue weighted by atomic mass is 32.1. The fraction of sp³-hybridized carbons (Fsp3) is 0.154. The maximum atomic E-state index is 12.0. The molecule has 0 fully saturated rings. The first-order chi connectivity index (χ1) is 8.66. The van der Waals surface area contributed by atoms with Crippen molar-refractivity contribution in [2.45, 2.75) is 6.92 Å². The van der Waals surface area contributed by atoms with Crippen molar-refractivity contribution in [2.75, 3.05) is 0 Å². The molecule has 3 aromatic rings. The third kappa shape index (κ3) is 1.64. The van der Waals surface area contributed by atoms with Gasteiger partial charge < -0.3 is 0 Å². The highest BCUT2D eigenvalue weighted by Gasteiger charge is 2.13. The highest BCUT2D eigenvalue weighted by Crippen LogP contribution is 2.29. The predicted octanol–water partition coefficient (Wildman–Crippen LogP) is 2.37. The van der Waals surface area contributed by atoms with E-state index in [4.69, 9.17) is 0 Å². The maximum absolute atomic E-state index is 12.0. The lowest BCUT2D eigenvalue weighted by Gasteiger charge is -1.97. The van der Waals surface area contributed by atoms with Crippen molar-refractivity contribution in [1.82, 2.24) is 14.8 Å². The Bertz CT molecular complexity index is 774. The van der Waals surface area contributed by atoms with Crippen LogP contribution in [0.25, 0.3) is 20.8 Å². The number of rotatable bonds is 1. The fourth-order valence-corrected chi connectivity index (χ4v) is 2.89. The van der Waals surface area contributed by atoms with E-state index in [1.54, 1.807) is 7.05 Å². The van der Waals surface area contributed by atoms with Crippen LogP contribution < -0.4 is 5.56 Å². The van der Waals surface area contributed by atoms with Gasteiger partial charge in [0.05, 0.1) is 10.4 Å². The van der Waals surface area contributed by atoms with E-state index in [9.17, 15) is 4.79 Å². The topological polar surface area (TPSA) is 47.8 Å². The summed E-state index contributed by atoms with van der Waals surface area (Å²) < 4.78 is 2.21. The lowest BCUT2D eigenvalue weighted by molar-refractivity contribution is 0.704. The molecule has 0 amide bonds. The molecule has 0 aliphatic heterocycles. The molecule has 0 saturated heterocycles. The Morgan fingerprint density at radius 1 is 1.22 bits per heavy atom. The lowest BCUT2D eigenvalue weighted by atomic mass is 10.2. The predicted molar refractivity (Wildman–Crippen MR) is 72.8 cm³/mol. The summed E-state index contributed by atoms with van der Waals surface area (Å²) in [5.41, 5.74) is 2.23. The van der Waals surface area contributed by atoms with Gasteiger partial charge in [0.2, 0.25) is 0 Å². The van der Waals surface area contributed by atoms with E-state index in [0.717, 1.165) is 21.0 Å². The normalized spacial score (nSPS) is 11.0. The molecule has 4 nitrogen and oxygen atoms in total. The second-order valence-corrected chi connectivity index (χ2v) is 5.08. The summed E-state index contributed by atoms with van der Waals surface area (Å²) in [7, 11) is 1.65. The van der Waals surface area contributed by atoms with Crippen LogP contribution in [-0.4, -0.2) is 14.8 Å². The molecule has 0 saturated carbocycles. The van der Waals surface area contributed by atoms with Gasteiger partial charge in [-0.2, -0.15) is 5.10 Å². The molecule has 0 unspecified atom stereocenters. The number of hydrogen-bond donors (Lipinski definition) is 0. The Balaban J connectivity index is 2.33. The molecule has 5 heteroatoms. The number of hydrogen-bond acceptors (Lipinski definition) is 4. The van der Waals surface area contributed by atoms with Crippen molar-refractivity contribution in [3.05, 3.63) is 46.4 Å². The number of nitrogens with zero attached hydrogens (tertiary/aromatic N) is 3. The average molecular weight is 257 g/mol. The maximum Gasteiger partial charge on any atom is 0.293 e. The van der Waals surface area contributed by atoms with Crippen LogP contribution >= 0.6 is 11.3 Å². The van der Waals surface area contributed by atoms with Gasteiger partial charge >= 0.3 is 0 Å². The fourth-order valence-electron chi connectivity index (χ4n) is 1.88. The second kappa shape index (κ2) is 4.03. The molecule has 0 spiro atoms. The molecule has 2 heterocycles. The van der Waals surface area contributed by atoms with Crippen molar-refractivity contribution < 1.29 is 0 Å². The first-order valence-corrected chi connectivity index (χ1v) is 6.38. The number of benzene rings is 1. The second-order valence-electron chi connectivity index (χ2n) is 4.08. The summed E-state index contributed by atoms with van der Waals surface area (Å²) in [4.78, 5) is 16.4. The number of thiazole rings is 1. The zero-order chi connectivity index (χ0) is 12.7. The summed E-state index contributed by atoms with van der Waals surface area (Å²) >= 11 is 1.51. The van der Waals surface area contributed by atoms with Crippen molar-refractivity contribution >= 4 is 21.6 Å². The Morgan fingerprint density at radius 3 is 2.67 bits per heavy atom. The Labute approximate surface area is 108 Å². The minimum Gasteiger partial charge on any atom is -0.265 e. The van der Waals surface area contributed by atoms with Crippen LogP contribution in [-0.2, 0) is 7.05 Å². The smallest absolute Gasteiger partial charge is 0.265 e. The summed E-state index contributed by atoms with van der Waals surface area (Å²) in [5.74, 6) is 0. The molecule has 1 aromatic carbocycles. The minimum absolute atomic E-state index is 0.144. The number of fused-ring (bicyclic) bond motifs is 1. The lowest BCUT2D eigenvalue weighted by Crippen LogP contribution is -2.20. The molecule has 3 rings (SSSR count).